The normalized spacial score (nSPS) is 9.79. The Morgan fingerprint density at radius 2 is 1.50 bits per heavy atom. The van der Waals surface area contributed by atoms with E-state index in [2.05, 4.69) is 0 Å². The molecule has 0 heterocycles. The number of hydrogen-bond acceptors (Lipinski definition) is 5. The van der Waals surface area contributed by atoms with Gasteiger partial charge in [0, 0.05) is 17.3 Å². The lowest BCUT2D eigenvalue weighted by Gasteiger charge is -2.23. The minimum absolute atomic E-state index is 0.0459. The number of para-hydroxylation sites is 1. The largest absolute Gasteiger partial charge is 0.294 e. The molecular formula is C21H12N4O3. The first-order chi connectivity index (χ1) is 13.5. The number of benzene rings is 3. The monoisotopic (exact) mass is 368 g/mol. The van der Waals surface area contributed by atoms with Gasteiger partial charge in [0.25, 0.3) is 11.6 Å². The lowest BCUT2D eigenvalue weighted by molar-refractivity contribution is -0.384. The molecule has 0 N–H and O–H groups in total. The summed E-state index contributed by atoms with van der Waals surface area (Å²) in [7, 11) is 0. The molecule has 0 aliphatic rings. The molecule has 0 aromatic heterocycles. The maximum atomic E-state index is 13.2. The molecule has 0 aliphatic carbocycles. The van der Waals surface area contributed by atoms with Crippen molar-refractivity contribution in [3.8, 4) is 12.1 Å². The molecular weight excluding hydrogens is 356 g/mol. The predicted molar refractivity (Wildman–Crippen MR) is 102 cm³/mol. The van der Waals surface area contributed by atoms with E-state index in [1.165, 1.54) is 41.3 Å². The van der Waals surface area contributed by atoms with Gasteiger partial charge in [0.15, 0.2) is 0 Å². The number of carbonyl (C=O) groups is 1. The van der Waals surface area contributed by atoms with Crippen LogP contribution in [0.3, 0.4) is 0 Å². The molecule has 0 bridgehead atoms. The summed E-state index contributed by atoms with van der Waals surface area (Å²) >= 11 is 0. The van der Waals surface area contributed by atoms with Gasteiger partial charge in [0.2, 0.25) is 0 Å². The van der Waals surface area contributed by atoms with Crippen LogP contribution >= 0.6 is 0 Å². The van der Waals surface area contributed by atoms with Crippen molar-refractivity contribution in [1.29, 1.82) is 10.5 Å². The Labute approximate surface area is 160 Å². The Morgan fingerprint density at radius 1 is 0.893 bits per heavy atom. The number of rotatable bonds is 4. The van der Waals surface area contributed by atoms with Crippen molar-refractivity contribution in [2.45, 2.75) is 0 Å². The molecule has 0 atom stereocenters. The Kier molecular flexibility index (Phi) is 5.11. The first kappa shape index (κ1) is 18.3. The minimum atomic E-state index is -0.627. The Balaban J connectivity index is 2.19. The van der Waals surface area contributed by atoms with E-state index in [9.17, 15) is 14.9 Å². The molecule has 0 aliphatic heterocycles. The highest BCUT2D eigenvalue weighted by Gasteiger charge is 2.27. The SMILES string of the molecule is N#Cc1ccc(C(=O)N(c2ccccc2)c2ccc(C#N)cc2[N+](=O)[O-])cc1. The molecule has 28 heavy (non-hydrogen) atoms. The summed E-state index contributed by atoms with van der Waals surface area (Å²) in [6.45, 7) is 0. The zero-order chi connectivity index (χ0) is 20.1. The summed E-state index contributed by atoms with van der Waals surface area (Å²) in [4.78, 5) is 25.4. The van der Waals surface area contributed by atoms with E-state index in [4.69, 9.17) is 10.5 Å². The van der Waals surface area contributed by atoms with Crippen LogP contribution in [0.2, 0.25) is 0 Å². The van der Waals surface area contributed by atoms with Crippen LogP contribution in [-0.4, -0.2) is 10.8 Å². The third kappa shape index (κ3) is 3.55. The standard InChI is InChI=1S/C21H12N4O3/c22-13-15-6-9-17(10-7-15)21(26)24(18-4-2-1-3-5-18)19-11-8-16(14-23)12-20(19)25(27)28/h1-12H. The van der Waals surface area contributed by atoms with E-state index >= 15 is 0 Å². The van der Waals surface area contributed by atoms with Gasteiger partial charge in [0.05, 0.1) is 28.2 Å². The van der Waals surface area contributed by atoms with Crippen LogP contribution in [0, 0.1) is 32.8 Å². The van der Waals surface area contributed by atoms with Crippen LogP contribution < -0.4 is 4.90 Å². The van der Waals surface area contributed by atoms with Crippen LogP contribution in [0.15, 0.2) is 72.8 Å². The second kappa shape index (κ2) is 7.81. The van der Waals surface area contributed by atoms with Gasteiger partial charge in [-0.05, 0) is 48.5 Å². The molecule has 7 nitrogen and oxygen atoms in total. The van der Waals surface area contributed by atoms with Crippen LogP contribution in [0.4, 0.5) is 17.1 Å². The number of amides is 1. The molecule has 0 saturated heterocycles. The Morgan fingerprint density at radius 3 is 2.07 bits per heavy atom. The zero-order valence-corrected chi connectivity index (χ0v) is 14.4. The van der Waals surface area contributed by atoms with Gasteiger partial charge in [-0.1, -0.05) is 18.2 Å². The van der Waals surface area contributed by atoms with E-state index < -0.39 is 10.8 Å². The number of nitriles is 2. The zero-order valence-electron chi connectivity index (χ0n) is 14.4. The van der Waals surface area contributed by atoms with Crippen LogP contribution in [0.25, 0.3) is 0 Å². The van der Waals surface area contributed by atoms with E-state index in [-0.39, 0.29) is 22.5 Å². The lowest BCUT2D eigenvalue weighted by Crippen LogP contribution is -2.26. The molecule has 0 unspecified atom stereocenters. The maximum Gasteiger partial charge on any atom is 0.294 e. The van der Waals surface area contributed by atoms with E-state index in [0.717, 1.165) is 6.07 Å². The van der Waals surface area contributed by atoms with Crippen molar-refractivity contribution in [3.05, 3.63) is 99.6 Å². The molecule has 3 aromatic carbocycles. The fraction of sp³-hybridized carbons (Fsp3) is 0. The van der Waals surface area contributed by atoms with Gasteiger partial charge in [-0.2, -0.15) is 10.5 Å². The van der Waals surface area contributed by atoms with Crippen LogP contribution in [0.1, 0.15) is 21.5 Å². The third-order valence-electron chi connectivity index (χ3n) is 4.02. The fourth-order valence-electron chi connectivity index (χ4n) is 2.69. The fourth-order valence-corrected chi connectivity index (χ4v) is 2.69. The molecule has 3 rings (SSSR count). The average Bonchev–Trinajstić information content (AvgIpc) is 2.74. The Bertz CT molecular complexity index is 1130. The van der Waals surface area contributed by atoms with Gasteiger partial charge in [0.1, 0.15) is 5.69 Å². The third-order valence-corrected chi connectivity index (χ3v) is 4.02. The number of nitro groups is 1. The number of anilines is 2. The van der Waals surface area contributed by atoms with Gasteiger partial charge in [-0.25, -0.2) is 0 Å². The smallest absolute Gasteiger partial charge is 0.270 e. The molecule has 0 spiro atoms. The molecule has 0 radical (unpaired) electrons. The van der Waals surface area contributed by atoms with E-state index in [0.29, 0.717) is 11.3 Å². The summed E-state index contributed by atoms with van der Waals surface area (Å²) in [5.41, 5.74) is 0.905. The number of carbonyl (C=O) groups excluding carboxylic acids is 1. The molecule has 0 saturated carbocycles. The van der Waals surface area contributed by atoms with Crippen molar-refractivity contribution in [3.63, 3.8) is 0 Å². The highest BCUT2D eigenvalue weighted by Crippen LogP contribution is 2.35. The van der Waals surface area contributed by atoms with Gasteiger partial charge in [-0.15, -0.1) is 0 Å². The molecule has 7 heteroatoms. The molecule has 0 fully saturated rings. The first-order valence-electron chi connectivity index (χ1n) is 8.13. The number of hydrogen-bond donors (Lipinski definition) is 0. The summed E-state index contributed by atoms with van der Waals surface area (Å²) in [6.07, 6.45) is 0. The van der Waals surface area contributed by atoms with Crippen molar-refractivity contribution in [1.82, 2.24) is 0 Å². The van der Waals surface area contributed by atoms with Gasteiger partial charge < -0.3 is 0 Å². The highest BCUT2D eigenvalue weighted by molar-refractivity contribution is 6.12. The lowest BCUT2D eigenvalue weighted by atomic mass is 10.1. The maximum absolute atomic E-state index is 13.2. The molecule has 1 amide bonds. The van der Waals surface area contributed by atoms with Gasteiger partial charge in [-0.3, -0.25) is 19.8 Å². The van der Waals surface area contributed by atoms with Crippen molar-refractivity contribution in [2.24, 2.45) is 0 Å². The second-order valence-corrected chi connectivity index (χ2v) is 5.74. The van der Waals surface area contributed by atoms with Crippen LogP contribution in [-0.2, 0) is 0 Å². The average molecular weight is 368 g/mol. The number of nitro benzene ring substituents is 1. The summed E-state index contributed by atoms with van der Waals surface area (Å²) < 4.78 is 0. The van der Waals surface area contributed by atoms with E-state index in [1.54, 1.807) is 30.3 Å². The summed E-state index contributed by atoms with van der Waals surface area (Å²) in [5.74, 6) is -0.497. The first-order valence-corrected chi connectivity index (χ1v) is 8.13. The second-order valence-electron chi connectivity index (χ2n) is 5.74. The number of nitrogens with zero attached hydrogens (tertiary/aromatic N) is 4. The van der Waals surface area contributed by atoms with Gasteiger partial charge >= 0.3 is 0 Å². The Hall–Kier alpha value is -4.49. The summed E-state index contributed by atoms with van der Waals surface area (Å²) in [6, 6.07) is 22.3. The van der Waals surface area contributed by atoms with E-state index in [1.807, 2.05) is 12.1 Å². The minimum Gasteiger partial charge on any atom is -0.270 e. The highest BCUT2D eigenvalue weighted by atomic mass is 16.6. The predicted octanol–water partition coefficient (Wildman–Crippen LogP) is 4.32. The molecule has 3 aromatic rings. The quantitative estimate of drug-likeness (QED) is 0.503. The summed E-state index contributed by atoms with van der Waals surface area (Å²) in [5, 5.41) is 29.6. The van der Waals surface area contributed by atoms with Crippen molar-refractivity contribution >= 4 is 23.0 Å². The topological polar surface area (TPSA) is 111 Å². The van der Waals surface area contributed by atoms with Crippen molar-refractivity contribution < 1.29 is 9.72 Å². The van der Waals surface area contributed by atoms with Crippen LogP contribution in [0.5, 0.6) is 0 Å². The molecule has 134 valence electrons. The van der Waals surface area contributed by atoms with Crippen molar-refractivity contribution in [2.75, 3.05) is 4.90 Å².